The van der Waals surface area contributed by atoms with Gasteiger partial charge in [0.05, 0.1) is 21.6 Å². The Balaban J connectivity index is 1.69. The largest absolute Gasteiger partial charge is 0.385 e. The van der Waals surface area contributed by atoms with Crippen molar-refractivity contribution in [3.05, 3.63) is 87.8 Å². The smallest absolute Gasteiger partial charge is 0.240 e. The Morgan fingerprint density at radius 1 is 1.18 bits per heavy atom. The van der Waals surface area contributed by atoms with E-state index in [9.17, 15) is 9.59 Å². The van der Waals surface area contributed by atoms with E-state index < -0.39 is 0 Å². The highest BCUT2D eigenvalue weighted by atomic mass is 35.5. The summed E-state index contributed by atoms with van der Waals surface area (Å²) in [5.74, 6) is 0.435. The molecule has 2 aromatic carbocycles. The summed E-state index contributed by atoms with van der Waals surface area (Å²) in [6, 6.07) is 19.8. The van der Waals surface area contributed by atoms with E-state index in [0.29, 0.717) is 30.4 Å². The number of halogens is 1. The van der Waals surface area contributed by atoms with Crippen LogP contribution < -0.4 is 10.2 Å². The van der Waals surface area contributed by atoms with Crippen LogP contribution in [0.1, 0.15) is 28.4 Å². The molecular formula is C29H29ClN4O3S2. The van der Waals surface area contributed by atoms with Gasteiger partial charge in [-0.3, -0.25) is 14.5 Å². The minimum Gasteiger partial charge on any atom is -0.385 e. The van der Waals surface area contributed by atoms with Gasteiger partial charge in [-0.05, 0) is 54.6 Å². The molecule has 7 nitrogen and oxygen atoms in total. The van der Waals surface area contributed by atoms with Gasteiger partial charge in [-0.15, -0.1) is 23.1 Å². The highest BCUT2D eigenvalue weighted by Crippen LogP contribution is 2.49. The number of fused-ring (bicyclic) bond motifs is 1. The number of rotatable bonds is 9. The van der Waals surface area contributed by atoms with Gasteiger partial charge < -0.3 is 10.1 Å². The molecule has 0 bridgehead atoms. The number of aromatic nitrogens is 2. The fraction of sp³-hybridized carbons (Fsp3) is 0.276. The van der Waals surface area contributed by atoms with E-state index in [1.54, 1.807) is 23.3 Å². The summed E-state index contributed by atoms with van der Waals surface area (Å²) in [6.07, 6.45) is 0.692. The second kappa shape index (κ2) is 12.4. The van der Waals surface area contributed by atoms with Gasteiger partial charge in [0, 0.05) is 30.8 Å². The Bertz CT molecular complexity index is 1450. The summed E-state index contributed by atoms with van der Waals surface area (Å²) in [5, 5.41) is 10.4. The lowest BCUT2D eigenvalue weighted by molar-refractivity contribution is -0.122. The van der Waals surface area contributed by atoms with Crippen LogP contribution in [-0.4, -0.2) is 54.2 Å². The molecule has 2 aromatic heterocycles. The molecule has 39 heavy (non-hydrogen) atoms. The fourth-order valence-corrected chi connectivity index (χ4v) is 6.67. The van der Waals surface area contributed by atoms with Gasteiger partial charge in [0.2, 0.25) is 11.8 Å². The van der Waals surface area contributed by atoms with Gasteiger partial charge in [-0.1, -0.05) is 47.5 Å². The first kappa shape index (κ1) is 27.5. The van der Waals surface area contributed by atoms with Crippen LogP contribution in [-0.2, 0) is 14.3 Å². The molecule has 0 spiro atoms. The minimum absolute atomic E-state index is 0.108. The van der Waals surface area contributed by atoms with E-state index in [4.69, 9.17) is 21.4 Å². The van der Waals surface area contributed by atoms with Crippen LogP contribution >= 0.6 is 34.7 Å². The Hall–Kier alpha value is -3.11. The number of nitrogens with zero attached hydrogens (tertiary/aromatic N) is 3. The van der Waals surface area contributed by atoms with E-state index in [-0.39, 0.29) is 29.4 Å². The van der Waals surface area contributed by atoms with Crippen molar-refractivity contribution in [3.8, 4) is 16.3 Å². The maximum absolute atomic E-state index is 13.7. The number of methoxy groups -OCH3 is 1. The lowest BCUT2D eigenvalue weighted by Crippen LogP contribution is -2.42. The van der Waals surface area contributed by atoms with E-state index in [2.05, 4.69) is 5.32 Å². The van der Waals surface area contributed by atoms with Crippen molar-refractivity contribution in [1.29, 1.82) is 0 Å². The average Bonchev–Trinajstić information content (AvgIpc) is 3.56. The summed E-state index contributed by atoms with van der Waals surface area (Å²) in [7, 11) is 1.63. The number of hydrogen-bond donors (Lipinski definition) is 1. The zero-order valence-corrected chi connectivity index (χ0v) is 24.1. The lowest BCUT2D eigenvalue weighted by atomic mass is 10.0. The van der Waals surface area contributed by atoms with Crippen LogP contribution in [0.5, 0.6) is 0 Å². The van der Waals surface area contributed by atoms with Gasteiger partial charge in [-0.25, -0.2) is 4.68 Å². The first-order chi connectivity index (χ1) is 19.0. The Kier molecular flexibility index (Phi) is 8.72. The number of hydrogen-bond acceptors (Lipinski definition) is 6. The third kappa shape index (κ3) is 6.06. The predicted molar refractivity (Wildman–Crippen MR) is 159 cm³/mol. The quantitative estimate of drug-likeness (QED) is 0.250. The second-order valence-corrected chi connectivity index (χ2v) is 11.7. The third-order valence-electron chi connectivity index (χ3n) is 6.42. The van der Waals surface area contributed by atoms with E-state index >= 15 is 0 Å². The van der Waals surface area contributed by atoms with Gasteiger partial charge in [-0.2, -0.15) is 5.10 Å². The monoisotopic (exact) mass is 580 g/mol. The van der Waals surface area contributed by atoms with Crippen molar-refractivity contribution in [1.82, 2.24) is 15.1 Å². The maximum atomic E-state index is 13.7. The summed E-state index contributed by atoms with van der Waals surface area (Å²) in [4.78, 5) is 29.3. The first-order valence-electron chi connectivity index (χ1n) is 12.6. The third-order valence-corrected chi connectivity index (χ3v) is 8.79. The van der Waals surface area contributed by atoms with E-state index in [0.717, 1.165) is 32.9 Å². The molecule has 2 amide bonds. The second-order valence-electron chi connectivity index (χ2n) is 9.23. The normalized spacial score (nSPS) is 15.2. The fourth-order valence-electron chi connectivity index (χ4n) is 4.56. The van der Waals surface area contributed by atoms with Gasteiger partial charge in [0.1, 0.15) is 18.1 Å². The number of thiophene rings is 1. The van der Waals surface area contributed by atoms with Gasteiger partial charge in [0.25, 0.3) is 0 Å². The van der Waals surface area contributed by atoms with E-state index in [1.807, 2.05) is 77.6 Å². The molecule has 1 aliphatic rings. The molecular weight excluding hydrogens is 552 g/mol. The van der Waals surface area contributed by atoms with Crippen molar-refractivity contribution in [2.45, 2.75) is 18.6 Å². The number of amides is 2. The molecule has 3 heterocycles. The summed E-state index contributed by atoms with van der Waals surface area (Å²) in [5.41, 5.74) is 4.59. The Morgan fingerprint density at radius 3 is 2.72 bits per heavy atom. The number of ether oxygens (including phenoxy) is 1. The van der Waals surface area contributed by atoms with Crippen molar-refractivity contribution >= 4 is 52.3 Å². The molecule has 10 heteroatoms. The molecule has 4 aromatic rings. The molecule has 1 atom stereocenters. The van der Waals surface area contributed by atoms with Crippen molar-refractivity contribution in [3.63, 3.8) is 0 Å². The molecule has 0 saturated heterocycles. The van der Waals surface area contributed by atoms with Crippen molar-refractivity contribution in [2.24, 2.45) is 0 Å². The highest BCUT2D eigenvalue weighted by Gasteiger charge is 2.38. The molecule has 202 valence electrons. The predicted octanol–water partition coefficient (Wildman–Crippen LogP) is 5.88. The number of carbonyl (C=O) groups excluding carboxylic acids is 2. The molecule has 1 aliphatic heterocycles. The molecule has 0 saturated carbocycles. The SMILES string of the molecule is COCCCNC(=O)CN1C(=O)CS[C@H](c2cccc(Cl)c2)c2c(-c3cccs3)nn(-c3ccc(C)cc3)c21. The van der Waals surface area contributed by atoms with Crippen molar-refractivity contribution < 1.29 is 14.3 Å². The molecule has 0 aliphatic carbocycles. The Labute approximate surface area is 241 Å². The molecule has 5 rings (SSSR count). The number of carbonyl (C=O) groups is 2. The summed E-state index contributed by atoms with van der Waals surface area (Å²) in [6.45, 7) is 2.94. The zero-order chi connectivity index (χ0) is 27.4. The molecule has 0 fully saturated rings. The first-order valence-corrected chi connectivity index (χ1v) is 14.9. The van der Waals surface area contributed by atoms with Gasteiger partial charge >= 0.3 is 0 Å². The standard InChI is InChI=1S/C29H29ClN4O3S2/c1-19-9-11-22(12-10-19)34-29-26(27(32-34)23-8-4-15-38-23)28(20-6-3-7-21(30)16-20)39-18-25(36)33(29)17-24(35)31-13-5-14-37-2/h3-4,6-12,15-16,28H,5,13-14,17-18H2,1-2H3,(H,31,35)/t28-/m1/s1. The molecule has 0 unspecified atom stereocenters. The highest BCUT2D eigenvalue weighted by molar-refractivity contribution is 8.00. The van der Waals surface area contributed by atoms with Gasteiger partial charge in [0.15, 0.2) is 0 Å². The zero-order valence-electron chi connectivity index (χ0n) is 21.7. The van der Waals surface area contributed by atoms with Crippen LogP contribution in [0.3, 0.4) is 0 Å². The molecule has 1 N–H and O–H groups in total. The number of aryl methyl sites for hydroxylation is 1. The minimum atomic E-state index is -0.231. The lowest BCUT2D eigenvalue weighted by Gasteiger charge is -2.23. The molecule has 0 radical (unpaired) electrons. The van der Waals surface area contributed by atoms with Crippen LogP contribution in [0.2, 0.25) is 5.02 Å². The number of benzene rings is 2. The van der Waals surface area contributed by atoms with Crippen LogP contribution in [0.4, 0.5) is 5.82 Å². The van der Waals surface area contributed by atoms with Crippen LogP contribution in [0.15, 0.2) is 66.0 Å². The number of nitrogens with one attached hydrogen (secondary N) is 1. The van der Waals surface area contributed by atoms with Crippen LogP contribution in [0.25, 0.3) is 16.3 Å². The number of thioether (sulfide) groups is 1. The number of anilines is 1. The topological polar surface area (TPSA) is 76.5 Å². The van der Waals surface area contributed by atoms with E-state index in [1.165, 1.54) is 11.8 Å². The summed E-state index contributed by atoms with van der Waals surface area (Å²) < 4.78 is 6.90. The van der Waals surface area contributed by atoms with Crippen LogP contribution in [0, 0.1) is 6.92 Å². The summed E-state index contributed by atoms with van der Waals surface area (Å²) >= 11 is 9.54. The van der Waals surface area contributed by atoms with Crippen molar-refractivity contribution in [2.75, 3.05) is 37.5 Å². The Morgan fingerprint density at radius 2 is 2.00 bits per heavy atom. The average molecular weight is 581 g/mol. The maximum Gasteiger partial charge on any atom is 0.240 e.